The SMILES string of the molecule is CC(C)C(C)NCCN(C)Cc1cccc(F)c1. The number of hydrogen-bond donors (Lipinski definition) is 1. The third-order valence-electron chi connectivity index (χ3n) is 3.30. The lowest BCUT2D eigenvalue weighted by molar-refractivity contribution is 0.308. The Morgan fingerprint density at radius 3 is 2.61 bits per heavy atom. The fraction of sp³-hybridized carbons (Fsp3) is 0.600. The average molecular weight is 252 g/mol. The molecule has 0 bridgehead atoms. The summed E-state index contributed by atoms with van der Waals surface area (Å²) < 4.78 is 13.0. The van der Waals surface area contributed by atoms with Crippen LogP contribution < -0.4 is 5.32 Å². The molecule has 0 saturated heterocycles. The van der Waals surface area contributed by atoms with Crippen molar-refractivity contribution in [2.75, 3.05) is 20.1 Å². The maximum Gasteiger partial charge on any atom is 0.123 e. The Balaban J connectivity index is 2.27. The van der Waals surface area contributed by atoms with Gasteiger partial charge in [-0.05, 0) is 37.6 Å². The van der Waals surface area contributed by atoms with Gasteiger partial charge in [-0.15, -0.1) is 0 Å². The van der Waals surface area contributed by atoms with Crippen LogP contribution in [0.15, 0.2) is 24.3 Å². The Bertz CT molecular complexity index is 352. The van der Waals surface area contributed by atoms with Gasteiger partial charge in [0, 0.05) is 25.7 Å². The average Bonchev–Trinajstić information content (AvgIpc) is 2.28. The second kappa shape index (κ2) is 7.49. The van der Waals surface area contributed by atoms with E-state index in [0.29, 0.717) is 12.0 Å². The second-order valence-electron chi connectivity index (χ2n) is 5.35. The van der Waals surface area contributed by atoms with E-state index in [1.807, 2.05) is 6.07 Å². The van der Waals surface area contributed by atoms with Gasteiger partial charge >= 0.3 is 0 Å². The zero-order valence-corrected chi connectivity index (χ0v) is 11.9. The van der Waals surface area contributed by atoms with E-state index in [1.165, 1.54) is 6.07 Å². The number of nitrogens with one attached hydrogen (secondary N) is 1. The van der Waals surface area contributed by atoms with Crippen LogP contribution in [0.1, 0.15) is 26.3 Å². The maximum absolute atomic E-state index is 13.0. The summed E-state index contributed by atoms with van der Waals surface area (Å²) in [5.41, 5.74) is 1.02. The van der Waals surface area contributed by atoms with Crippen LogP contribution in [0, 0.1) is 11.7 Å². The lowest BCUT2D eigenvalue weighted by Gasteiger charge is -2.21. The monoisotopic (exact) mass is 252 g/mol. The molecule has 18 heavy (non-hydrogen) atoms. The molecule has 1 atom stereocenters. The van der Waals surface area contributed by atoms with Crippen molar-refractivity contribution in [3.05, 3.63) is 35.6 Å². The summed E-state index contributed by atoms with van der Waals surface area (Å²) in [6.07, 6.45) is 0. The van der Waals surface area contributed by atoms with Crippen LogP contribution in [0.4, 0.5) is 4.39 Å². The minimum atomic E-state index is -0.160. The first-order valence-corrected chi connectivity index (χ1v) is 6.65. The van der Waals surface area contributed by atoms with Crippen molar-refractivity contribution in [3.63, 3.8) is 0 Å². The van der Waals surface area contributed by atoms with Crippen molar-refractivity contribution in [3.8, 4) is 0 Å². The van der Waals surface area contributed by atoms with Crippen LogP contribution in [0.3, 0.4) is 0 Å². The summed E-state index contributed by atoms with van der Waals surface area (Å²) in [5, 5.41) is 3.49. The van der Waals surface area contributed by atoms with E-state index in [2.05, 4.69) is 38.0 Å². The molecule has 102 valence electrons. The molecule has 1 unspecified atom stereocenters. The van der Waals surface area contributed by atoms with Crippen molar-refractivity contribution in [1.29, 1.82) is 0 Å². The maximum atomic E-state index is 13.0. The molecule has 1 rings (SSSR count). The molecule has 0 spiro atoms. The standard InChI is InChI=1S/C15H25FN2/c1-12(2)13(3)17-8-9-18(4)11-14-6-5-7-15(16)10-14/h5-7,10,12-13,17H,8-9,11H2,1-4H3. The molecule has 0 radical (unpaired) electrons. The molecular weight excluding hydrogens is 227 g/mol. The van der Waals surface area contributed by atoms with Crippen LogP contribution in [0.5, 0.6) is 0 Å². The summed E-state index contributed by atoms with van der Waals surface area (Å²) >= 11 is 0. The first-order chi connectivity index (χ1) is 8.49. The van der Waals surface area contributed by atoms with Crippen LogP contribution >= 0.6 is 0 Å². The fourth-order valence-corrected chi connectivity index (χ4v) is 1.74. The third-order valence-corrected chi connectivity index (χ3v) is 3.30. The first kappa shape index (κ1) is 15.1. The number of benzene rings is 1. The van der Waals surface area contributed by atoms with E-state index >= 15 is 0 Å². The molecule has 3 heteroatoms. The molecule has 1 N–H and O–H groups in total. The molecule has 0 aromatic heterocycles. The van der Waals surface area contributed by atoms with Gasteiger partial charge in [-0.3, -0.25) is 0 Å². The van der Waals surface area contributed by atoms with Gasteiger partial charge < -0.3 is 10.2 Å². The smallest absolute Gasteiger partial charge is 0.123 e. The fourth-order valence-electron chi connectivity index (χ4n) is 1.74. The Hall–Kier alpha value is -0.930. The van der Waals surface area contributed by atoms with Gasteiger partial charge in [0.1, 0.15) is 5.82 Å². The van der Waals surface area contributed by atoms with Gasteiger partial charge in [0.25, 0.3) is 0 Å². The van der Waals surface area contributed by atoms with E-state index in [1.54, 1.807) is 12.1 Å². The summed E-state index contributed by atoms with van der Waals surface area (Å²) in [6, 6.07) is 7.34. The first-order valence-electron chi connectivity index (χ1n) is 6.65. The summed E-state index contributed by atoms with van der Waals surface area (Å²) in [7, 11) is 2.06. The van der Waals surface area contributed by atoms with E-state index < -0.39 is 0 Å². The molecule has 0 aliphatic rings. The van der Waals surface area contributed by atoms with E-state index in [-0.39, 0.29) is 5.82 Å². The molecule has 2 nitrogen and oxygen atoms in total. The highest BCUT2D eigenvalue weighted by Gasteiger charge is 2.06. The van der Waals surface area contributed by atoms with Gasteiger partial charge in [-0.1, -0.05) is 26.0 Å². The summed E-state index contributed by atoms with van der Waals surface area (Å²) in [6.45, 7) is 9.35. The lowest BCUT2D eigenvalue weighted by Crippen LogP contribution is -2.36. The van der Waals surface area contributed by atoms with Gasteiger partial charge in [0.2, 0.25) is 0 Å². The number of rotatable bonds is 7. The van der Waals surface area contributed by atoms with E-state index in [9.17, 15) is 4.39 Å². The van der Waals surface area contributed by atoms with Gasteiger partial charge in [-0.25, -0.2) is 4.39 Å². The number of halogens is 1. The summed E-state index contributed by atoms with van der Waals surface area (Å²) in [5.74, 6) is 0.492. The molecular formula is C15H25FN2. The highest BCUT2D eigenvalue weighted by molar-refractivity contribution is 5.15. The Labute approximate surface area is 110 Å². The molecule has 1 aromatic rings. The minimum Gasteiger partial charge on any atom is -0.313 e. The van der Waals surface area contributed by atoms with Gasteiger partial charge in [-0.2, -0.15) is 0 Å². The quantitative estimate of drug-likeness (QED) is 0.802. The molecule has 0 aliphatic heterocycles. The largest absolute Gasteiger partial charge is 0.313 e. The third kappa shape index (κ3) is 5.61. The molecule has 0 heterocycles. The predicted molar refractivity (Wildman–Crippen MR) is 75.0 cm³/mol. The van der Waals surface area contributed by atoms with Crippen LogP contribution in [-0.2, 0) is 6.54 Å². The van der Waals surface area contributed by atoms with Crippen molar-refractivity contribution >= 4 is 0 Å². The number of hydrogen-bond acceptors (Lipinski definition) is 2. The Morgan fingerprint density at radius 2 is 2.00 bits per heavy atom. The normalized spacial score (nSPS) is 13.3. The van der Waals surface area contributed by atoms with Crippen molar-refractivity contribution in [2.24, 2.45) is 5.92 Å². The minimum absolute atomic E-state index is 0.160. The summed E-state index contributed by atoms with van der Waals surface area (Å²) in [4.78, 5) is 2.20. The van der Waals surface area contributed by atoms with Crippen LogP contribution in [0.25, 0.3) is 0 Å². The van der Waals surface area contributed by atoms with Crippen molar-refractivity contribution < 1.29 is 4.39 Å². The van der Waals surface area contributed by atoms with Crippen molar-refractivity contribution in [2.45, 2.75) is 33.4 Å². The van der Waals surface area contributed by atoms with E-state index in [4.69, 9.17) is 0 Å². The Kier molecular flexibility index (Phi) is 6.30. The van der Waals surface area contributed by atoms with Gasteiger partial charge in [0.15, 0.2) is 0 Å². The second-order valence-corrected chi connectivity index (χ2v) is 5.35. The molecule has 1 aromatic carbocycles. The van der Waals surface area contributed by atoms with Crippen molar-refractivity contribution in [1.82, 2.24) is 10.2 Å². The molecule has 0 amide bonds. The predicted octanol–water partition coefficient (Wildman–Crippen LogP) is 2.89. The number of nitrogens with zero attached hydrogens (tertiary/aromatic N) is 1. The highest BCUT2D eigenvalue weighted by atomic mass is 19.1. The molecule has 0 aliphatic carbocycles. The zero-order chi connectivity index (χ0) is 13.5. The highest BCUT2D eigenvalue weighted by Crippen LogP contribution is 2.06. The molecule has 0 saturated carbocycles. The van der Waals surface area contributed by atoms with Gasteiger partial charge in [0.05, 0.1) is 0 Å². The molecule has 0 fully saturated rings. The van der Waals surface area contributed by atoms with Crippen LogP contribution in [-0.4, -0.2) is 31.1 Å². The lowest BCUT2D eigenvalue weighted by atomic mass is 10.1. The van der Waals surface area contributed by atoms with E-state index in [0.717, 1.165) is 25.2 Å². The topological polar surface area (TPSA) is 15.3 Å². The Morgan fingerprint density at radius 1 is 1.28 bits per heavy atom. The zero-order valence-electron chi connectivity index (χ0n) is 11.9. The van der Waals surface area contributed by atoms with Crippen LogP contribution in [0.2, 0.25) is 0 Å². The number of likely N-dealkylation sites (N-methyl/N-ethyl adjacent to an activating group) is 1.